The molecule has 0 heterocycles. The van der Waals surface area contributed by atoms with Crippen LogP contribution in [0, 0.1) is 0 Å². The average Bonchev–Trinajstić information content (AvgIpc) is 2.02. The summed E-state index contributed by atoms with van der Waals surface area (Å²) in [5.41, 5.74) is 5.63. The maximum absolute atomic E-state index is 10.7. The van der Waals surface area contributed by atoms with Gasteiger partial charge in [0.1, 0.15) is 0 Å². The number of nitrogens with two attached hydrogens (primary N) is 1. The van der Waals surface area contributed by atoms with Gasteiger partial charge in [-0.25, -0.2) is 4.79 Å². The maximum Gasteiger partial charge on any atom is 0.333 e. The highest BCUT2D eigenvalue weighted by molar-refractivity contribution is 5.87. The largest absolute Gasteiger partial charge is 0.466 e. The molecule has 0 amide bonds. The summed E-state index contributed by atoms with van der Waals surface area (Å²) in [6, 6.07) is -0.429. The minimum absolute atomic E-state index is 0.157. The monoisotopic (exact) mass is 159 g/mol. The van der Waals surface area contributed by atoms with Crippen molar-refractivity contribution in [3.63, 3.8) is 0 Å². The van der Waals surface area contributed by atoms with Crippen molar-refractivity contribution >= 4 is 5.97 Å². The summed E-state index contributed by atoms with van der Waals surface area (Å²) in [7, 11) is 1.28. The Morgan fingerprint density at radius 1 is 1.82 bits per heavy atom. The first kappa shape index (κ1) is 10.1. The van der Waals surface area contributed by atoms with Crippen LogP contribution >= 0.6 is 0 Å². The molecule has 0 saturated heterocycles. The molecule has 0 aromatic heterocycles. The fourth-order valence-electron chi connectivity index (χ4n) is 0.609. The van der Waals surface area contributed by atoms with E-state index < -0.39 is 12.0 Å². The second kappa shape index (κ2) is 4.87. The zero-order valence-corrected chi connectivity index (χ0v) is 6.54. The van der Waals surface area contributed by atoms with Crippen LogP contribution in [0.15, 0.2) is 12.2 Å². The van der Waals surface area contributed by atoms with Crippen molar-refractivity contribution in [2.24, 2.45) is 5.73 Å². The number of aliphatic hydroxyl groups excluding tert-OH is 1. The summed E-state index contributed by atoms with van der Waals surface area (Å²) in [5.74, 6) is -0.478. The minimum atomic E-state index is -0.478. The fraction of sp³-hybridized carbons (Fsp3) is 0.571. The van der Waals surface area contributed by atoms with E-state index >= 15 is 0 Å². The molecule has 0 aliphatic rings. The van der Waals surface area contributed by atoms with Crippen LogP contribution in [0.25, 0.3) is 0 Å². The lowest BCUT2D eigenvalue weighted by Gasteiger charge is -2.07. The molecule has 11 heavy (non-hydrogen) atoms. The van der Waals surface area contributed by atoms with E-state index in [-0.39, 0.29) is 18.6 Å². The molecule has 64 valence electrons. The smallest absolute Gasteiger partial charge is 0.333 e. The first-order valence-electron chi connectivity index (χ1n) is 3.24. The maximum atomic E-state index is 10.7. The number of hydrogen-bond donors (Lipinski definition) is 2. The molecule has 3 N–H and O–H groups in total. The van der Waals surface area contributed by atoms with E-state index in [0.29, 0.717) is 0 Å². The van der Waals surface area contributed by atoms with Gasteiger partial charge in [-0.3, -0.25) is 0 Å². The quantitative estimate of drug-likeness (QED) is 0.425. The molecule has 0 fully saturated rings. The fourth-order valence-corrected chi connectivity index (χ4v) is 0.609. The van der Waals surface area contributed by atoms with E-state index in [4.69, 9.17) is 10.8 Å². The number of hydrogen-bond acceptors (Lipinski definition) is 4. The lowest BCUT2D eigenvalue weighted by molar-refractivity contribution is -0.136. The van der Waals surface area contributed by atoms with Crippen LogP contribution in [0.3, 0.4) is 0 Å². The van der Waals surface area contributed by atoms with E-state index in [1.165, 1.54) is 7.11 Å². The molecule has 0 aliphatic carbocycles. The van der Waals surface area contributed by atoms with E-state index in [9.17, 15) is 4.79 Å². The molecule has 0 unspecified atom stereocenters. The van der Waals surface area contributed by atoms with Crippen LogP contribution < -0.4 is 5.73 Å². The molecule has 4 nitrogen and oxygen atoms in total. The van der Waals surface area contributed by atoms with Crippen LogP contribution in [-0.4, -0.2) is 30.8 Å². The summed E-state index contributed by atoms with van der Waals surface area (Å²) in [6.07, 6.45) is 0.267. The van der Waals surface area contributed by atoms with E-state index in [1.54, 1.807) is 0 Å². The van der Waals surface area contributed by atoms with Crippen molar-refractivity contribution in [2.45, 2.75) is 12.5 Å². The van der Waals surface area contributed by atoms with Gasteiger partial charge in [0.25, 0.3) is 0 Å². The molecule has 0 aliphatic heterocycles. The van der Waals surface area contributed by atoms with Gasteiger partial charge in [0.15, 0.2) is 0 Å². The highest BCUT2D eigenvalue weighted by Crippen LogP contribution is 2.02. The number of carbonyl (C=O) groups is 1. The zero-order valence-electron chi connectivity index (χ0n) is 6.54. The Bertz CT molecular complexity index is 156. The summed E-state index contributed by atoms with van der Waals surface area (Å²) >= 11 is 0. The third-order valence-corrected chi connectivity index (χ3v) is 1.22. The Morgan fingerprint density at radius 3 is 2.73 bits per heavy atom. The van der Waals surface area contributed by atoms with Gasteiger partial charge in [0.2, 0.25) is 0 Å². The molecule has 0 aromatic rings. The van der Waals surface area contributed by atoms with Crippen molar-refractivity contribution in [2.75, 3.05) is 13.7 Å². The van der Waals surface area contributed by atoms with Gasteiger partial charge in [-0.1, -0.05) is 6.58 Å². The van der Waals surface area contributed by atoms with Crippen LogP contribution in [0.1, 0.15) is 6.42 Å². The Hall–Kier alpha value is -0.870. The third-order valence-electron chi connectivity index (χ3n) is 1.22. The highest BCUT2D eigenvalue weighted by atomic mass is 16.5. The van der Waals surface area contributed by atoms with E-state index in [0.717, 1.165) is 0 Å². The molecular formula is C7H13NO3. The van der Waals surface area contributed by atoms with Gasteiger partial charge in [0, 0.05) is 11.6 Å². The second-order valence-corrected chi connectivity index (χ2v) is 2.24. The molecule has 0 bridgehead atoms. The number of ether oxygens (including phenoxy) is 1. The van der Waals surface area contributed by atoms with Crippen LogP contribution in [0.5, 0.6) is 0 Å². The molecule has 0 spiro atoms. The van der Waals surface area contributed by atoms with Gasteiger partial charge in [-0.05, 0) is 6.42 Å². The lowest BCUT2D eigenvalue weighted by atomic mass is 10.1. The summed E-state index contributed by atoms with van der Waals surface area (Å²) < 4.78 is 4.38. The SMILES string of the molecule is C=C(C[C@@H](N)CO)C(=O)OC. The van der Waals surface area contributed by atoms with Gasteiger partial charge in [-0.2, -0.15) is 0 Å². The first-order valence-corrected chi connectivity index (χ1v) is 3.24. The normalized spacial score (nSPS) is 12.3. The Kier molecular flexibility index (Phi) is 4.49. The van der Waals surface area contributed by atoms with Crippen molar-refractivity contribution in [3.8, 4) is 0 Å². The zero-order chi connectivity index (χ0) is 8.85. The molecule has 0 rings (SSSR count). The van der Waals surface area contributed by atoms with Crippen molar-refractivity contribution < 1.29 is 14.6 Å². The number of aliphatic hydroxyl groups is 1. The van der Waals surface area contributed by atoms with Crippen molar-refractivity contribution in [1.82, 2.24) is 0 Å². The summed E-state index contributed by atoms with van der Waals surface area (Å²) in [4.78, 5) is 10.7. The average molecular weight is 159 g/mol. The molecule has 0 aromatic carbocycles. The number of esters is 1. The number of methoxy groups -OCH3 is 1. The Balaban J connectivity index is 3.77. The third kappa shape index (κ3) is 3.75. The molecular weight excluding hydrogens is 146 g/mol. The van der Waals surface area contributed by atoms with Gasteiger partial charge in [-0.15, -0.1) is 0 Å². The topological polar surface area (TPSA) is 72.5 Å². The van der Waals surface area contributed by atoms with Crippen molar-refractivity contribution in [1.29, 1.82) is 0 Å². The predicted octanol–water partition coefficient (Wildman–Crippen LogP) is -0.575. The molecule has 0 saturated carbocycles. The molecule has 1 atom stereocenters. The lowest BCUT2D eigenvalue weighted by Crippen LogP contribution is -2.26. The standard InChI is InChI=1S/C7H13NO3/c1-5(7(10)11-2)3-6(8)4-9/h6,9H,1,3-4,8H2,2H3/t6-/m1/s1. The Labute approximate surface area is 65.6 Å². The van der Waals surface area contributed by atoms with Gasteiger partial charge in [0.05, 0.1) is 13.7 Å². The van der Waals surface area contributed by atoms with Crippen LogP contribution in [0.4, 0.5) is 0 Å². The van der Waals surface area contributed by atoms with E-state index in [1.807, 2.05) is 0 Å². The molecule has 0 radical (unpaired) electrons. The Morgan fingerprint density at radius 2 is 2.36 bits per heavy atom. The summed E-state index contributed by atoms with van der Waals surface area (Å²) in [5, 5.41) is 8.52. The van der Waals surface area contributed by atoms with Gasteiger partial charge < -0.3 is 15.6 Å². The van der Waals surface area contributed by atoms with E-state index in [2.05, 4.69) is 11.3 Å². The second-order valence-electron chi connectivity index (χ2n) is 2.24. The number of rotatable bonds is 4. The van der Waals surface area contributed by atoms with Gasteiger partial charge >= 0.3 is 5.97 Å². The number of carbonyl (C=O) groups excluding carboxylic acids is 1. The summed E-state index contributed by atoms with van der Waals surface area (Å²) in [6.45, 7) is 3.29. The minimum Gasteiger partial charge on any atom is -0.466 e. The first-order chi connectivity index (χ1) is 5.11. The van der Waals surface area contributed by atoms with Crippen molar-refractivity contribution in [3.05, 3.63) is 12.2 Å². The van der Waals surface area contributed by atoms with Crippen LogP contribution in [-0.2, 0) is 9.53 Å². The predicted molar refractivity (Wildman–Crippen MR) is 40.8 cm³/mol. The van der Waals surface area contributed by atoms with Crippen LogP contribution in [0.2, 0.25) is 0 Å². The highest BCUT2D eigenvalue weighted by Gasteiger charge is 2.10. The molecule has 4 heteroatoms.